The first-order valence-corrected chi connectivity index (χ1v) is 8.59. The zero-order chi connectivity index (χ0) is 15.7. The van der Waals surface area contributed by atoms with Crippen LogP contribution in [0.3, 0.4) is 0 Å². The third-order valence-corrected chi connectivity index (χ3v) is 3.90. The molecular weight excluding hydrogens is 308 g/mol. The summed E-state index contributed by atoms with van der Waals surface area (Å²) in [5.74, 6) is 0.535. The summed E-state index contributed by atoms with van der Waals surface area (Å²) in [4.78, 5) is 16.6. The Balaban J connectivity index is 2.96. The molecule has 1 rings (SSSR count). The van der Waals surface area contributed by atoms with Crippen molar-refractivity contribution in [1.82, 2.24) is 5.32 Å². The Kier molecular flexibility index (Phi) is 8.38. The number of rotatable bonds is 8. The Hall–Kier alpha value is -1.07. The Labute approximate surface area is 135 Å². The molecule has 0 saturated heterocycles. The number of amides is 1. The average molecular weight is 331 g/mol. The van der Waals surface area contributed by atoms with Gasteiger partial charge in [-0.15, -0.1) is 11.3 Å². The molecule has 1 amide bonds. The molecule has 21 heavy (non-hydrogen) atoms. The fraction of sp³-hybridized carbons (Fsp3) is 0.600. The van der Waals surface area contributed by atoms with Gasteiger partial charge in [0, 0.05) is 13.0 Å². The van der Waals surface area contributed by atoms with Crippen LogP contribution in [0.4, 0.5) is 5.00 Å². The number of nitrogens with zero attached hydrogens (tertiary/aromatic N) is 1. The highest BCUT2D eigenvalue weighted by Crippen LogP contribution is 2.34. The maximum absolute atomic E-state index is 12.1. The van der Waals surface area contributed by atoms with Crippen molar-refractivity contribution in [3.8, 4) is 0 Å². The minimum Gasteiger partial charge on any atom is -0.481 e. The Morgan fingerprint density at radius 1 is 1.38 bits per heavy atom. The zero-order valence-electron chi connectivity index (χ0n) is 12.9. The minimum atomic E-state index is -0.134. The average Bonchev–Trinajstić information content (AvgIpc) is 2.83. The molecular formula is C15H23ClN2O2S. The van der Waals surface area contributed by atoms with Crippen molar-refractivity contribution < 1.29 is 9.53 Å². The van der Waals surface area contributed by atoms with Gasteiger partial charge in [0.15, 0.2) is 5.90 Å². The maximum atomic E-state index is 12.1. The van der Waals surface area contributed by atoms with Gasteiger partial charge in [-0.05, 0) is 25.8 Å². The lowest BCUT2D eigenvalue weighted by molar-refractivity contribution is 0.0955. The highest BCUT2D eigenvalue weighted by molar-refractivity contribution is 7.20. The summed E-state index contributed by atoms with van der Waals surface area (Å²) in [5, 5.41) is 3.47. The van der Waals surface area contributed by atoms with E-state index in [-0.39, 0.29) is 5.91 Å². The standard InChI is InChI=1S/C15H23ClN2O2S/c1-4-7-8-13(20-6-3)18-15-11(10-12(16)21-15)14(19)17-9-5-2/h10H,4-9H2,1-3H3,(H,17,19). The van der Waals surface area contributed by atoms with Crippen LogP contribution in [0, 0.1) is 0 Å². The van der Waals surface area contributed by atoms with E-state index in [9.17, 15) is 4.79 Å². The van der Waals surface area contributed by atoms with Crippen molar-refractivity contribution in [3.63, 3.8) is 0 Å². The van der Waals surface area contributed by atoms with Crippen molar-refractivity contribution in [1.29, 1.82) is 0 Å². The first kappa shape index (κ1) is 18.0. The van der Waals surface area contributed by atoms with Crippen LogP contribution in [0.1, 0.15) is 56.8 Å². The summed E-state index contributed by atoms with van der Waals surface area (Å²) >= 11 is 7.34. The minimum absolute atomic E-state index is 0.134. The predicted molar refractivity (Wildman–Crippen MR) is 90.2 cm³/mol. The molecule has 1 aromatic heterocycles. The Morgan fingerprint density at radius 2 is 2.14 bits per heavy atom. The van der Waals surface area contributed by atoms with Crippen LogP contribution in [-0.4, -0.2) is 25.0 Å². The second-order valence-corrected chi connectivity index (χ2v) is 6.23. The number of hydrogen-bond donors (Lipinski definition) is 1. The summed E-state index contributed by atoms with van der Waals surface area (Å²) < 4.78 is 6.11. The van der Waals surface area contributed by atoms with Crippen LogP contribution in [0.15, 0.2) is 11.1 Å². The molecule has 0 aromatic carbocycles. The molecule has 0 aliphatic rings. The number of hydrogen-bond acceptors (Lipinski definition) is 4. The van der Waals surface area contributed by atoms with Crippen molar-refractivity contribution in [3.05, 3.63) is 16.0 Å². The molecule has 1 aromatic rings. The van der Waals surface area contributed by atoms with E-state index in [4.69, 9.17) is 16.3 Å². The van der Waals surface area contributed by atoms with Crippen LogP contribution < -0.4 is 5.32 Å². The van der Waals surface area contributed by atoms with Gasteiger partial charge in [0.25, 0.3) is 5.91 Å². The summed E-state index contributed by atoms with van der Waals surface area (Å²) in [5.41, 5.74) is 0.521. The smallest absolute Gasteiger partial charge is 0.254 e. The third kappa shape index (κ3) is 6.06. The first-order chi connectivity index (χ1) is 10.1. The van der Waals surface area contributed by atoms with Crippen molar-refractivity contribution in [2.45, 2.75) is 46.5 Å². The van der Waals surface area contributed by atoms with E-state index >= 15 is 0 Å². The maximum Gasteiger partial charge on any atom is 0.254 e. The van der Waals surface area contributed by atoms with Crippen molar-refractivity contribution in [2.24, 2.45) is 4.99 Å². The van der Waals surface area contributed by atoms with Gasteiger partial charge in [0.2, 0.25) is 0 Å². The van der Waals surface area contributed by atoms with Gasteiger partial charge in [0.1, 0.15) is 5.00 Å². The lowest BCUT2D eigenvalue weighted by Gasteiger charge is -2.07. The SMILES string of the molecule is CCCCC(=Nc1sc(Cl)cc1C(=O)NCCC)OCC. The molecule has 4 nitrogen and oxygen atoms in total. The molecule has 1 heterocycles. The van der Waals surface area contributed by atoms with Crippen molar-refractivity contribution >= 4 is 39.7 Å². The topological polar surface area (TPSA) is 50.7 Å². The Bertz CT molecular complexity index is 486. The highest BCUT2D eigenvalue weighted by atomic mass is 35.5. The lowest BCUT2D eigenvalue weighted by Crippen LogP contribution is -2.23. The molecule has 6 heteroatoms. The molecule has 0 spiro atoms. The number of aliphatic imine (C=N–C) groups is 1. The third-order valence-electron chi connectivity index (χ3n) is 2.74. The molecule has 0 atom stereocenters. The van der Waals surface area contributed by atoms with E-state index in [2.05, 4.69) is 17.2 Å². The van der Waals surface area contributed by atoms with Crippen LogP contribution in [0.2, 0.25) is 4.34 Å². The summed E-state index contributed by atoms with van der Waals surface area (Å²) in [6.45, 7) is 7.27. The van der Waals surface area contributed by atoms with E-state index in [1.165, 1.54) is 11.3 Å². The number of nitrogens with one attached hydrogen (secondary N) is 1. The highest BCUT2D eigenvalue weighted by Gasteiger charge is 2.16. The fourth-order valence-corrected chi connectivity index (χ4v) is 2.80. The van der Waals surface area contributed by atoms with Crippen LogP contribution in [0.25, 0.3) is 0 Å². The molecule has 0 fully saturated rings. The van der Waals surface area contributed by atoms with Crippen LogP contribution in [0.5, 0.6) is 0 Å². The quantitative estimate of drug-likeness (QED) is 0.550. The number of carbonyl (C=O) groups excluding carboxylic acids is 1. The molecule has 0 bridgehead atoms. The van der Waals surface area contributed by atoms with Gasteiger partial charge < -0.3 is 10.1 Å². The molecule has 0 aliphatic heterocycles. The summed E-state index contributed by atoms with van der Waals surface area (Å²) in [6.07, 6.45) is 3.75. The number of ether oxygens (including phenoxy) is 1. The molecule has 0 unspecified atom stereocenters. The monoisotopic (exact) mass is 330 g/mol. The second-order valence-electron chi connectivity index (χ2n) is 4.57. The summed E-state index contributed by atoms with van der Waals surface area (Å²) in [6, 6.07) is 1.67. The molecule has 1 N–H and O–H groups in total. The second kappa shape index (κ2) is 9.79. The van der Waals surface area contributed by atoms with Gasteiger partial charge in [-0.3, -0.25) is 4.79 Å². The van der Waals surface area contributed by atoms with Crippen molar-refractivity contribution in [2.75, 3.05) is 13.2 Å². The molecule has 0 radical (unpaired) electrons. The Morgan fingerprint density at radius 3 is 2.76 bits per heavy atom. The predicted octanol–water partition coefficient (Wildman–Crippen LogP) is 4.80. The largest absolute Gasteiger partial charge is 0.481 e. The van der Waals surface area contributed by atoms with Gasteiger partial charge >= 0.3 is 0 Å². The van der Waals surface area contributed by atoms with Gasteiger partial charge in [-0.1, -0.05) is 31.9 Å². The summed E-state index contributed by atoms with van der Waals surface area (Å²) in [7, 11) is 0. The number of halogens is 1. The van der Waals surface area contributed by atoms with Gasteiger partial charge in [-0.25, -0.2) is 4.99 Å². The molecule has 118 valence electrons. The van der Waals surface area contributed by atoms with E-state index in [0.29, 0.717) is 34.0 Å². The lowest BCUT2D eigenvalue weighted by atomic mass is 10.2. The van der Waals surface area contributed by atoms with Gasteiger partial charge in [0.05, 0.1) is 16.5 Å². The fourth-order valence-electron chi connectivity index (χ4n) is 1.70. The van der Waals surface area contributed by atoms with E-state index in [0.717, 1.165) is 25.7 Å². The number of carbonyl (C=O) groups is 1. The molecule has 0 saturated carbocycles. The van der Waals surface area contributed by atoms with E-state index < -0.39 is 0 Å². The zero-order valence-corrected chi connectivity index (χ0v) is 14.4. The van der Waals surface area contributed by atoms with Gasteiger partial charge in [-0.2, -0.15) is 0 Å². The molecule has 0 aliphatic carbocycles. The first-order valence-electron chi connectivity index (χ1n) is 7.40. The van der Waals surface area contributed by atoms with E-state index in [1.54, 1.807) is 6.07 Å². The van der Waals surface area contributed by atoms with Crippen LogP contribution >= 0.6 is 22.9 Å². The normalized spacial score (nSPS) is 11.5. The number of unbranched alkanes of at least 4 members (excludes halogenated alkanes) is 1. The van der Waals surface area contributed by atoms with Crippen LogP contribution in [-0.2, 0) is 4.74 Å². The van der Waals surface area contributed by atoms with E-state index in [1.807, 2.05) is 13.8 Å². The number of thiophene rings is 1.